The Labute approximate surface area is 115 Å². The van der Waals surface area contributed by atoms with Crippen LogP contribution in [-0.4, -0.2) is 31.1 Å². The Kier molecular flexibility index (Phi) is 3.80. The Bertz CT molecular complexity index is 487. The van der Waals surface area contributed by atoms with Crippen LogP contribution in [0.1, 0.15) is 5.56 Å². The minimum Gasteiger partial charge on any atom is -0.369 e. The quantitative estimate of drug-likeness (QED) is 0.827. The second-order valence-electron chi connectivity index (χ2n) is 4.99. The molecule has 1 aliphatic heterocycles. The molecule has 1 radical (unpaired) electrons. The first-order valence-electron chi connectivity index (χ1n) is 6.90. The molecular formula is C17H19N2. The molecule has 0 aromatic heterocycles. The monoisotopic (exact) mass is 251 g/mol. The number of piperazine rings is 1. The molecule has 1 fully saturated rings. The molecule has 1 aliphatic rings. The van der Waals surface area contributed by atoms with Gasteiger partial charge in [-0.3, -0.25) is 4.90 Å². The molecule has 0 bridgehead atoms. The third-order valence-electron chi connectivity index (χ3n) is 3.66. The van der Waals surface area contributed by atoms with Crippen molar-refractivity contribution in [1.29, 1.82) is 0 Å². The number of hydrogen-bond donors (Lipinski definition) is 0. The fraction of sp³-hybridized carbons (Fsp3) is 0.294. The van der Waals surface area contributed by atoms with Gasteiger partial charge in [0.05, 0.1) is 0 Å². The maximum Gasteiger partial charge on any atom is 0.0367 e. The molecule has 97 valence electrons. The molecule has 2 heteroatoms. The lowest BCUT2D eigenvalue weighted by Gasteiger charge is -2.36. The van der Waals surface area contributed by atoms with E-state index in [0.717, 1.165) is 32.7 Å². The van der Waals surface area contributed by atoms with Crippen LogP contribution in [0.5, 0.6) is 0 Å². The third kappa shape index (κ3) is 3.15. The van der Waals surface area contributed by atoms with Crippen LogP contribution in [0.15, 0.2) is 54.6 Å². The summed E-state index contributed by atoms with van der Waals surface area (Å²) >= 11 is 0. The summed E-state index contributed by atoms with van der Waals surface area (Å²) in [5.74, 6) is 0. The number of benzene rings is 2. The fourth-order valence-corrected chi connectivity index (χ4v) is 2.57. The summed E-state index contributed by atoms with van der Waals surface area (Å²) in [7, 11) is 0. The molecule has 0 unspecified atom stereocenters. The minimum atomic E-state index is 1.02. The van der Waals surface area contributed by atoms with Crippen LogP contribution in [-0.2, 0) is 6.54 Å². The van der Waals surface area contributed by atoms with Crippen molar-refractivity contribution in [2.75, 3.05) is 31.1 Å². The normalized spacial score (nSPS) is 16.5. The lowest BCUT2D eigenvalue weighted by atomic mass is 10.2. The Morgan fingerprint density at radius 2 is 1.58 bits per heavy atom. The summed E-state index contributed by atoms with van der Waals surface area (Å²) in [5, 5.41) is 0. The first-order chi connectivity index (χ1) is 9.42. The predicted octanol–water partition coefficient (Wildman–Crippen LogP) is 2.81. The lowest BCUT2D eigenvalue weighted by Crippen LogP contribution is -2.45. The zero-order valence-electron chi connectivity index (χ0n) is 11.1. The van der Waals surface area contributed by atoms with E-state index < -0.39 is 0 Å². The maximum absolute atomic E-state index is 3.30. The fourth-order valence-electron chi connectivity index (χ4n) is 2.57. The molecule has 2 aromatic rings. The topological polar surface area (TPSA) is 6.48 Å². The molecule has 0 N–H and O–H groups in total. The van der Waals surface area contributed by atoms with Crippen LogP contribution >= 0.6 is 0 Å². The molecule has 2 aromatic carbocycles. The van der Waals surface area contributed by atoms with Crippen LogP contribution in [0.4, 0.5) is 5.69 Å². The molecule has 0 atom stereocenters. The number of para-hydroxylation sites is 1. The molecular weight excluding hydrogens is 232 g/mol. The van der Waals surface area contributed by atoms with Gasteiger partial charge in [-0.15, -0.1) is 0 Å². The summed E-state index contributed by atoms with van der Waals surface area (Å²) in [6.07, 6.45) is 0. The molecule has 1 saturated heterocycles. The van der Waals surface area contributed by atoms with Gasteiger partial charge in [-0.05, 0) is 23.8 Å². The first kappa shape index (κ1) is 12.2. The predicted molar refractivity (Wildman–Crippen MR) is 79.2 cm³/mol. The maximum atomic E-state index is 3.30. The van der Waals surface area contributed by atoms with Crippen molar-refractivity contribution in [3.05, 3.63) is 66.2 Å². The number of hydrogen-bond acceptors (Lipinski definition) is 2. The van der Waals surface area contributed by atoms with E-state index in [1.165, 1.54) is 11.3 Å². The van der Waals surface area contributed by atoms with Crippen molar-refractivity contribution in [3.8, 4) is 0 Å². The van der Waals surface area contributed by atoms with E-state index in [9.17, 15) is 0 Å². The van der Waals surface area contributed by atoms with Crippen molar-refractivity contribution < 1.29 is 0 Å². The van der Waals surface area contributed by atoms with E-state index in [2.05, 4.69) is 58.3 Å². The van der Waals surface area contributed by atoms with Gasteiger partial charge in [0.15, 0.2) is 0 Å². The first-order valence-corrected chi connectivity index (χ1v) is 6.90. The van der Waals surface area contributed by atoms with Gasteiger partial charge in [-0.25, -0.2) is 0 Å². The molecule has 2 nitrogen and oxygen atoms in total. The molecule has 0 spiro atoms. The van der Waals surface area contributed by atoms with Crippen LogP contribution < -0.4 is 4.90 Å². The summed E-state index contributed by atoms with van der Waals surface area (Å²) in [6, 6.07) is 22.3. The van der Waals surface area contributed by atoms with Gasteiger partial charge in [0, 0.05) is 38.4 Å². The second kappa shape index (κ2) is 5.89. The molecule has 3 rings (SSSR count). The average Bonchev–Trinajstić information content (AvgIpc) is 2.50. The summed E-state index contributed by atoms with van der Waals surface area (Å²) in [6.45, 7) is 5.48. The molecule has 0 amide bonds. The van der Waals surface area contributed by atoms with E-state index in [4.69, 9.17) is 0 Å². The summed E-state index contributed by atoms with van der Waals surface area (Å²) in [4.78, 5) is 4.97. The van der Waals surface area contributed by atoms with Crippen molar-refractivity contribution in [3.63, 3.8) is 0 Å². The van der Waals surface area contributed by atoms with Gasteiger partial charge in [0.25, 0.3) is 0 Å². The highest BCUT2D eigenvalue weighted by Gasteiger charge is 2.16. The summed E-state index contributed by atoms with van der Waals surface area (Å²) < 4.78 is 0. The van der Waals surface area contributed by atoms with Crippen molar-refractivity contribution in [2.45, 2.75) is 6.54 Å². The highest BCUT2D eigenvalue weighted by atomic mass is 15.3. The highest BCUT2D eigenvalue weighted by Crippen LogP contribution is 2.16. The molecule has 19 heavy (non-hydrogen) atoms. The van der Waals surface area contributed by atoms with Gasteiger partial charge in [0.2, 0.25) is 0 Å². The largest absolute Gasteiger partial charge is 0.369 e. The lowest BCUT2D eigenvalue weighted by molar-refractivity contribution is 0.249. The van der Waals surface area contributed by atoms with Crippen molar-refractivity contribution in [2.24, 2.45) is 0 Å². The highest BCUT2D eigenvalue weighted by molar-refractivity contribution is 5.46. The molecule has 0 saturated carbocycles. The van der Waals surface area contributed by atoms with Gasteiger partial charge in [-0.2, -0.15) is 0 Å². The second-order valence-corrected chi connectivity index (χ2v) is 4.99. The van der Waals surface area contributed by atoms with Gasteiger partial charge in [0.1, 0.15) is 0 Å². The molecule has 1 heterocycles. The SMILES string of the molecule is [c]1ccccc1CN1CCN(c2ccccc2)CC1. The van der Waals surface area contributed by atoms with Crippen LogP contribution in [0.3, 0.4) is 0 Å². The van der Waals surface area contributed by atoms with E-state index in [1.54, 1.807) is 0 Å². The standard InChI is InChI=1S/C17H19N2/c1-3-7-16(8-4-1)15-18-11-13-19(14-12-18)17-9-5-2-6-10-17/h1-7,9-10H,11-15H2. The van der Waals surface area contributed by atoms with E-state index >= 15 is 0 Å². The average molecular weight is 251 g/mol. The third-order valence-corrected chi connectivity index (χ3v) is 3.66. The van der Waals surface area contributed by atoms with Gasteiger partial charge >= 0.3 is 0 Å². The zero-order chi connectivity index (χ0) is 12.9. The van der Waals surface area contributed by atoms with E-state index in [0.29, 0.717) is 0 Å². The van der Waals surface area contributed by atoms with E-state index in [1.807, 2.05) is 12.1 Å². The number of rotatable bonds is 3. The number of nitrogens with zero attached hydrogens (tertiary/aromatic N) is 2. The minimum absolute atomic E-state index is 1.02. The summed E-state index contributed by atoms with van der Waals surface area (Å²) in [5.41, 5.74) is 2.63. The van der Waals surface area contributed by atoms with Gasteiger partial charge in [-0.1, -0.05) is 42.5 Å². The van der Waals surface area contributed by atoms with Crippen molar-refractivity contribution in [1.82, 2.24) is 4.90 Å². The Morgan fingerprint density at radius 1 is 0.842 bits per heavy atom. The molecule has 0 aliphatic carbocycles. The van der Waals surface area contributed by atoms with E-state index in [-0.39, 0.29) is 0 Å². The Morgan fingerprint density at radius 3 is 2.26 bits per heavy atom. The van der Waals surface area contributed by atoms with Crippen LogP contribution in [0.2, 0.25) is 0 Å². The Balaban J connectivity index is 1.55. The smallest absolute Gasteiger partial charge is 0.0367 e. The Hall–Kier alpha value is -1.80. The number of anilines is 1. The van der Waals surface area contributed by atoms with Gasteiger partial charge < -0.3 is 4.90 Å². The van der Waals surface area contributed by atoms with Crippen LogP contribution in [0.25, 0.3) is 0 Å². The van der Waals surface area contributed by atoms with Crippen LogP contribution in [0, 0.1) is 6.07 Å². The van der Waals surface area contributed by atoms with Crippen molar-refractivity contribution >= 4 is 5.69 Å². The zero-order valence-corrected chi connectivity index (χ0v) is 11.1.